The van der Waals surface area contributed by atoms with Crippen LogP contribution in [-0.2, 0) is 17.7 Å². The molecule has 3 aromatic carbocycles. The standard InChI is InChI=1S/C28H28FNO4/c1-28(2,3)34-27(33)23-11-5-4-10-21(23)22-12-6-8-20(25(22)29)17-30-15-7-9-18-16-19(26(31)32)13-14-24(18)30/h4-6,8,10-14,16H,7,9,15,17H2,1-3H3,(H,31,32)/p+1. The summed E-state index contributed by atoms with van der Waals surface area (Å²) >= 11 is 0. The fourth-order valence-electron chi connectivity index (χ4n) is 4.34. The molecule has 3 aromatic rings. The van der Waals surface area contributed by atoms with Crippen LogP contribution in [0.15, 0.2) is 60.7 Å². The van der Waals surface area contributed by atoms with E-state index >= 15 is 4.39 Å². The molecule has 0 spiro atoms. The number of hydrogen-bond donors (Lipinski definition) is 1. The van der Waals surface area contributed by atoms with Gasteiger partial charge in [0.2, 0.25) is 0 Å². The topological polar surface area (TPSA) is 71.2 Å². The Hall–Kier alpha value is -3.67. The molecule has 1 heterocycles. The van der Waals surface area contributed by atoms with Crippen molar-refractivity contribution in [2.75, 3.05) is 11.4 Å². The molecule has 0 aliphatic carbocycles. The third-order valence-corrected chi connectivity index (χ3v) is 5.83. The van der Waals surface area contributed by atoms with Crippen LogP contribution in [0.1, 0.15) is 54.2 Å². The zero-order valence-corrected chi connectivity index (χ0v) is 19.6. The number of anilines is 1. The smallest absolute Gasteiger partial charge is 0.478 e. The molecule has 6 heteroatoms. The maximum atomic E-state index is 15.8. The zero-order chi connectivity index (χ0) is 24.5. The number of carboxylic acid groups (broad SMARTS) is 1. The van der Waals surface area contributed by atoms with Crippen molar-refractivity contribution in [1.82, 2.24) is 0 Å². The Morgan fingerprint density at radius 1 is 1.09 bits per heavy atom. The molecule has 0 atom stereocenters. The number of nitrogens with zero attached hydrogens (tertiary/aromatic N) is 1. The van der Waals surface area contributed by atoms with Gasteiger partial charge in [0.25, 0.3) is 0 Å². The van der Waals surface area contributed by atoms with Gasteiger partial charge < -0.3 is 19.5 Å². The molecule has 2 N–H and O–H groups in total. The number of halogens is 1. The average Bonchev–Trinajstić information content (AvgIpc) is 2.79. The average molecular weight is 463 g/mol. The van der Waals surface area contributed by atoms with Crippen LogP contribution in [-0.4, -0.2) is 34.0 Å². The van der Waals surface area contributed by atoms with Gasteiger partial charge in [-0.15, -0.1) is 0 Å². The minimum Gasteiger partial charge on any atom is -0.478 e. The van der Waals surface area contributed by atoms with Crippen LogP contribution in [0, 0.1) is 5.82 Å². The van der Waals surface area contributed by atoms with Crippen molar-refractivity contribution in [2.24, 2.45) is 0 Å². The quantitative estimate of drug-likeness (QED) is 0.384. The van der Waals surface area contributed by atoms with E-state index in [1.54, 1.807) is 48.5 Å². The summed E-state index contributed by atoms with van der Waals surface area (Å²) in [6.45, 7) is 6.62. The maximum absolute atomic E-state index is 15.8. The number of benzene rings is 3. The highest BCUT2D eigenvalue weighted by atomic mass is 19.1. The number of rotatable bonds is 5. The SMILES string of the molecule is CC(C)(C)OC(=[OH+])c1ccccc1-c1cccc(CN2CCCc3cc(C(=O)O)ccc32)c1F. The van der Waals surface area contributed by atoms with Gasteiger partial charge in [-0.1, -0.05) is 36.4 Å². The van der Waals surface area contributed by atoms with E-state index < -0.39 is 11.6 Å². The second-order valence-corrected chi connectivity index (χ2v) is 9.52. The van der Waals surface area contributed by atoms with Crippen molar-refractivity contribution >= 4 is 17.6 Å². The van der Waals surface area contributed by atoms with Gasteiger partial charge in [-0.25, -0.2) is 9.18 Å². The Kier molecular flexibility index (Phi) is 6.42. The summed E-state index contributed by atoms with van der Waals surface area (Å²) in [5.41, 5.74) is 3.46. The summed E-state index contributed by atoms with van der Waals surface area (Å²) in [6, 6.07) is 17.4. The summed E-state index contributed by atoms with van der Waals surface area (Å²) in [7, 11) is 0. The normalized spacial score (nSPS) is 13.4. The van der Waals surface area contributed by atoms with Crippen molar-refractivity contribution in [3.63, 3.8) is 0 Å². The Morgan fingerprint density at radius 2 is 1.82 bits per heavy atom. The van der Waals surface area contributed by atoms with E-state index in [4.69, 9.17) is 4.74 Å². The number of carbonyl (C=O) groups excluding carboxylic acids is 1. The van der Waals surface area contributed by atoms with Gasteiger partial charge in [0, 0.05) is 56.2 Å². The molecule has 4 rings (SSSR count). The lowest BCUT2D eigenvalue weighted by Gasteiger charge is -2.32. The molecule has 5 nitrogen and oxygen atoms in total. The van der Waals surface area contributed by atoms with Gasteiger partial charge in [-0.05, 0) is 42.7 Å². The molecule has 0 saturated carbocycles. The first-order valence-electron chi connectivity index (χ1n) is 11.4. The highest BCUT2D eigenvalue weighted by Crippen LogP contribution is 2.33. The summed E-state index contributed by atoms with van der Waals surface area (Å²) in [5, 5.41) is 9.29. The Balaban J connectivity index is 1.67. The van der Waals surface area contributed by atoms with Crippen molar-refractivity contribution in [3.05, 3.63) is 88.7 Å². The van der Waals surface area contributed by atoms with E-state index in [0.717, 1.165) is 30.6 Å². The second-order valence-electron chi connectivity index (χ2n) is 9.52. The fourth-order valence-corrected chi connectivity index (χ4v) is 4.34. The number of carboxylic acids is 1. The number of ether oxygens (including phenoxy) is 1. The molecule has 34 heavy (non-hydrogen) atoms. The first kappa shape index (κ1) is 23.5. The van der Waals surface area contributed by atoms with Gasteiger partial charge in [-0.3, -0.25) is 0 Å². The second kappa shape index (κ2) is 9.29. The first-order chi connectivity index (χ1) is 16.1. The van der Waals surface area contributed by atoms with Gasteiger partial charge in [0.1, 0.15) is 11.4 Å². The number of hydrogen-bond acceptors (Lipinski definition) is 3. The lowest BCUT2D eigenvalue weighted by atomic mass is 9.95. The van der Waals surface area contributed by atoms with Crippen molar-refractivity contribution < 1.29 is 23.8 Å². The van der Waals surface area contributed by atoms with Crippen molar-refractivity contribution in [2.45, 2.75) is 45.8 Å². The van der Waals surface area contributed by atoms with Crippen LogP contribution in [0.4, 0.5) is 10.1 Å². The molecule has 0 aromatic heterocycles. The monoisotopic (exact) mass is 462 g/mol. The molecule has 0 unspecified atom stereocenters. The Morgan fingerprint density at radius 3 is 2.56 bits per heavy atom. The lowest BCUT2D eigenvalue weighted by molar-refractivity contribution is 0.0696. The van der Waals surface area contributed by atoms with Crippen LogP contribution in [0.2, 0.25) is 0 Å². The predicted molar refractivity (Wildman–Crippen MR) is 131 cm³/mol. The molecular weight excluding hydrogens is 433 g/mol. The Bertz CT molecular complexity index is 1250. The number of aryl methyl sites for hydroxylation is 1. The van der Waals surface area contributed by atoms with Crippen LogP contribution >= 0.6 is 0 Å². The molecule has 0 bridgehead atoms. The van der Waals surface area contributed by atoms with E-state index in [9.17, 15) is 14.7 Å². The van der Waals surface area contributed by atoms with E-state index in [1.807, 2.05) is 32.9 Å². The minimum absolute atomic E-state index is 0.243. The van der Waals surface area contributed by atoms with Gasteiger partial charge in [0.15, 0.2) is 5.60 Å². The van der Waals surface area contributed by atoms with Crippen LogP contribution < -0.4 is 4.90 Å². The summed E-state index contributed by atoms with van der Waals surface area (Å²) in [4.78, 5) is 24.0. The van der Waals surface area contributed by atoms with Crippen LogP contribution in [0.25, 0.3) is 11.1 Å². The van der Waals surface area contributed by atoms with Crippen molar-refractivity contribution in [1.29, 1.82) is 0 Å². The third-order valence-electron chi connectivity index (χ3n) is 5.83. The highest BCUT2D eigenvalue weighted by Gasteiger charge is 2.30. The number of carbonyl (C=O) groups is 1. The molecular formula is C28H29FNO4+. The van der Waals surface area contributed by atoms with Gasteiger partial charge in [0.05, 0.1) is 5.56 Å². The molecule has 176 valence electrons. The molecule has 0 fully saturated rings. The van der Waals surface area contributed by atoms with E-state index in [1.165, 1.54) is 0 Å². The van der Waals surface area contributed by atoms with E-state index in [0.29, 0.717) is 28.8 Å². The molecule has 1 aliphatic heterocycles. The third kappa shape index (κ3) is 4.96. The molecule has 0 amide bonds. The fraction of sp³-hybridized carbons (Fsp3) is 0.286. The van der Waals surface area contributed by atoms with Crippen LogP contribution in [0.5, 0.6) is 0 Å². The van der Waals surface area contributed by atoms with E-state index in [-0.39, 0.29) is 17.3 Å². The molecule has 0 saturated heterocycles. The zero-order valence-electron chi connectivity index (χ0n) is 19.6. The number of esters is 1. The van der Waals surface area contributed by atoms with Crippen molar-refractivity contribution in [3.8, 4) is 11.1 Å². The number of aromatic carboxylic acids is 1. The van der Waals surface area contributed by atoms with Gasteiger partial charge in [-0.2, -0.15) is 0 Å². The summed E-state index contributed by atoms with van der Waals surface area (Å²) in [5.74, 6) is -1.55. The molecule has 0 radical (unpaired) electrons. The van der Waals surface area contributed by atoms with E-state index in [2.05, 4.69) is 4.90 Å². The molecule has 1 aliphatic rings. The minimum atomic E-state index is -0.951. The highest BCUT2D eigenvalue weighted by molar-refractivity contribution is 5.98. The lowest BCUT2D eigenvalue weighted by Crippen LogP contribution is -2.29. The first-order valence-corrected chi connectivity index (χ1v) is 11.4. The largest absolute Gasteiger partial charge is 0.518 e. The number of fused-ring (bicyclic) bond motifs is 1. The van der Waals surface area contributed by atoms with Crippen LogP contribution in [0.3, 0.4) is 0 Å². The summed E-state index contributed by atoms with van der Waals surface area (Å²) in [6.07, 6.45) is 1.67. The maximum Gasteiger partial charge on any atom is 0.518 e. The Labute approximate surface area is 198 Å². The predicted octanol–water partition coefficient (Wildman–Crippen LogP) is 5.81. The summed E-state index contributed by atoms with van der Waals surface area (Å²) < 4.78 is 21.4. The van der Waals surface area contributed by atoms with Gasteiger partial charge >= 0.3 is 11.9 Å².